The molecule has 1 aliphatic heterocycles. The van der Waals surface area contributed by atoms with Gasteiger partial charge in [-0.2, -0.15) is 0 Å². The Morgan fingerprint density at radius 3 is 2.34 bits per heavy atom. The Bertz CT molecular complexity index is 1210. The average molecular weight is 431 g/mol. The maximum atomic E-state index is 12.7. The van der Waals surface area contributed by atoms with E-state index in [-0.39, 0.29) is 31.1 Å². The standard InChI is InChI=1S/C26H25NO5/c1-3-30-23(28)15-21-20-14-19(18-10-9-16-7-5-6-8-17(16)13-18)11-12-22(20)32-25(27)24(21)26(29)31-4-2/h5-14,21H,3-4,15,27H2,1-2H3. The van der Waals surface area contributed by atoms with Crippen molar-refractivity contribution in [3.8, 4) is 16.9 Å². The van der Waals surface area contributed by atoms with E-state index in [1.807, 2.05) is 36.4 Å². The van der Waals surface area contributed by atoms with Gasteiger partial charge in [0.15, 0.2) is 0 Å². The van der Waals surface area contributed by atoms with Crippen LogP contribution in [0, 0.1) is 0 Å². The summed E-state index contributed by atoms with van der Waals surface area (Å²) in [6, 6.07) is 20.0. The highest BCUT2D eigenvalue weighted by Gasteiger charge is 2.36. The van der Waals surface area contributed by atoms with Gasteiger partial charge in [-0.25, -0.2) is 4.79 Å². The molecule has 4 rings (SSSR count). The zero-order chi connectivity index (χ0) is 22.7. The van der Waals surface area contributed by atoms with Crippen molar-refractivity contribution in [1.29, 1.82) is 0 Å². The molecule has 3 aromatic rings. The summed E-state index contributed by atoms with van der Waals surface area (Å²) >= 11 is 0. The minimum absolute atomic E-state index is 0.0414. The SMILES string of the molecule is CCOC(=O)CC1C(C(=O)OCC)=C(N)Oc2ccc(-c3ccc4ccccc4c3)cc21. The summed E-state index contributed by atoms with van der Waals surface area (Å²) in [6.45, 7) is 3.89. The predicted octanol–water partition coefficient (Wildman–Crippen LogP) is 4.67. The normalized spacial score (nSPS) is 15.1. The zero-order valence-corrected chi connectivity index (χ0v) is 18.1. The van der Waals surface area contributed by atoms with Crippen molar-refractivity contribution < 1.29 is 23.8 Å². The maximum absolute atomic E-state index is 12.7. The maximum Gasteiger partial charge on any atom is 0.340 e. The van der Waals surface area contributed by atoms with Crippen LogP contribution in [-0.2, 0) is 19.1 Å². The second-order valence-electron chi connectivity index (χ2n) is 7.48. The van der Waals surface area contributed by atoms with Gasteiger partial charge in [0.05, 0.1) is 19.6 Å². The van der Waals surface area contributed by atoms with Gasteiger partial charge in [0, 0.05) is 11.5 Å². The number of rotatable bonds is 6. The molecule has 6 heteroatoms. The third-order valence-corrected chi connectivity index (χ3v) is 5.47. The molecule has 6 nitrogen and oxygen atoms in total. The number of carbonyl (C=O) groups excluding carboxylic acids is 2. The lowest BCUT2D eigenvalue weighted by Crippen LogP contribution is -2.28. The highest BCUT2D eigenvalue weighted by molar-refractivity contribution is 5.93. The van der Waals surface area contributed by atoms with Crippen molar-refractivity contribution in [3.63, 3.8) is 0 Å². The summed E-state index contributed by atoms with van der Waals surface area (Å²) in [7, 11) is 0. The molecule has 3 aromatic carbocycles. The predicted molar refractivity (Wildman–Crippen MR) is 122 cm³/mol. The number of esters is 2. The molecule has 1 aliphatic rings. The Kier molecular flexibility index (Phi) is 6.12. The van der Waals surface area contributed by atoms with Crippen LogP contribution in [0.5, 0.6) is 5.75 Å². The van der Waals surface area contributed by atoms with E-state index in [0.717, 1.165) is 21.9 Å². The van der Waals surface area contributed by atoms with Crippen molar-refractivity contribution in [2.75, 3.05) is 13.2 Å². The van der Waals surface area contributed by atoms with Crippen LogP contribution in [-0.4, -0.2) is 25.2 Å². The lowest BCUT2D eigenvalue weighted by atomic mass is 9.84. The number of hydrogen-bond acceptors (Lipinski definition) is 6. The summed E-state index contributed by atoms with van der Waals surface area (Å²) in [5.74, 6) is -1.19. The van der Waals surface area contributed by atoms with Gasteiger partial charge in [0.1, 0.15) is 11.3 Å². The molecule has 0 saturated carbocycles. The Morgan fingerprint density at radius 2 is 1.59 bits per heavy atom. The van der Waals surface area contributed by atoms with Crippen molar-refractivity contribution >= 4 is 22.7 Å². The second kappa shape index (κ2) is 9.14. The van der Waals surface area contributed by atoms with Crippen LogP contribution < -0.4 is 10.5 Å². The molecule has 0 bridgehead atoms. The quantitative estimate of drug-likeness (QED) is 0.571. The van der Waals surface area contributed by atoms with Crippen LogP contribution in [0.4, 0.5) is 0 Å². The van der Waals surface area contributed by atoms with Crippen LogP contribution in [0.3, 0.4) is 0 Å². The largest absolute Gasteiger partial charge is 0.466 e. The molecule has 0 aromatic heterocycles. The molecular weight excluding hydrogens is 406 g/mol. The molecule has 2 N–H and O–H groups in total. The third kappa shape index (κ3) is 4.17. The van der Waals surface area contributed by atoms with E-state index in [1.165, 1.54) is 0 Å². The molecule has 164 valence electrons. The van der Waals surface area contributed by atoms with Crippen LogP contribution in [0.2, 0.25) is 0 Å². The monoisotopic (exact) mass is 431 g/mol. The first-order valence-corrected chi connectivity index (χ1v) is 10.6. The summed E-state index contributed by atoms with van der Waals surface area (Å²) < 4.78 is 16.1. The summed E-state index contributed by atoms with van der Waals surface area (Å²) in [4.78, 5) is 25.1. The fourth-order valence-electron chi connectivity index (χ4n) is 4.01. The first-order chi connectivity index (χ1) is 15.5. The number of carbonyl (C=O) groups is 2. The Labute approximate surface area is 186 Å². The van der Waals surface area contributed by atoms with Crippen molar-refractivity contribution in [1.82, 2.24) is 0 Å². The van der Waals surface area contributed by atoms with Gasteiger partial charge in [-0.3, -0.25) is 4.79 Å². The number of fused-ring (bicyclic) bond motifs is 2. The van der Waals surface area contributed by atoms with Gasteiger partial charge >= 0.3 is 11.9 Å². The highest BCUT2D eigenvalue weighted by atomic mass is 16.5. The van der Waals surface area contributed by atoms with E-state index in [9.17, 15) is 9.59 Å². The van der Waals surface area contributed by atoms with E-state index in [4.69, 9.17) is 19.9 Å². The minimum atomic E-state index is -0.628. The molecule has 0 aliphatic carbocycles. The summed E-state index contributed by atoms with van der Waals surface area (Å²) in [6.07, 6.45) is -0.0414. The van der Waals surface area contributed by atoms with Gasteiger partial charge in [-0.05, 0) is 53.9 Å². The van der Waals surface area contributed by atoms with E-state index in [1.54, 1.807) is 13.8 Å². The van der Waals surface area contributed by atoms with Gasteiger partial charge in [-0.15, -0.1) is 0 Å². The van der Waals surface area contributed by atoms with Crippen LogP contribution in [0.15, 0.2) is 72.1 Å². The average Bonchev–Trinajstić information content (AvgIpc) is 2.79. The zero-order valence-electron chi connectivity index (χ0n) is 18.1. The first kappa shape index (κ1) is 21.4. The fraction of sp³-hybridized carbons (Fsp3) is 0.231. The van der Waals surface area contributed by atoms with Crippen LogP contribution in [0.25, 0.3) is 21.9 Å². The molecule has 0 radical (unpaired) electrons. The van der Waals surface area contributed by atoms with E-state index in [0.29, 0.717) is 11.3 Å². The van der Waals surface area contributed by atoms with Gasteiger partial charge in [0.2, 0.25) is 5.88 Å². The van der Waals surface area contributed by atoms with Crippen molar-refractivity contribution in [3.05, 3.63) is 77.7 Å². The van der Waals surface area contributed by atoms with E-state index in [2.05, 4.69) is 24.3 Å². The number of benzene rings is 3. The van der Waals surface area contributed by atoms with Crippen LogP contribution in [0.1, 0.15) is 31.7 Å². The number of nitrogens with two attached hydrogens (primary N) is 1. The molecule has 0 fully saturated rings. The fourth-order valence-corrected chi connectivity index (χ4v) is 4.01. The molecule has 1 atom stereocenters. The Morgan fingerprint density at radius 1 is 0.906 bits per heavy atom. The van der Waals surface area contributed by atoms with Gasteiger partial charge in [0.25, 0.3) is 0 Å². The first-order valence-electron chi connectivity index (χ1n) is 10.6. The molecule has 0 amide bonds. The Balaban J connectivity index is 1.79. The number of hydrogen-bond donors (Lipinski definition) is 1. The molecule has 32 heavy (non-hydrogen) atoms. The topological polar surface area (TPSA) is 87.9 Å². The minimum Gasteiger partial charge on any atom is -0.466 e. The Hall–Kier alpha value is -3.80. The van der Waals surface area contributed by atoms with Gasteiger partial charge < -0.3 is 19.9 Å². The summed E-state index contributed by atoms with van der Waals surface area (Å²) in [5, 5.41) is 2.27. The second-order valence-corrected chi connectivity index (χ2v) is 7.48. The molecule has 0 spiro atoms. The smallest absolute Gasteiger partial charge is 0.340 e. The highest BCUT2D eigenvalue weighted by Crippen LogP contribution is 2.43. The molecule has 1 heterocycles. The molecule has 0 saturated heterocycles. The summed E-state index contributed by atoms with van der Waals surface area (Å²) in [5.41, 5.74) is 8.87. The van der Waals surface area contributed by atoms with E-state index >= 15 is 0 Å². The van der Waals surface area contributed by atoms with Crippen molar-refractivity contribution in [2.24, 2.45) is 5.73 Å². The molecule has 1 unspecified atom stereocenters. The third-order valence-electron chi connectivity index (χ3n) is 5.47. The lowest BCUT2D eigenvalue weighted by molar-refractivity contribution is -0.143. The van der Waals surface area contributed by atoms with Crippen LogP contribution >= 0.6 is 0 Å². The van der Waals surface area contributed by atoms with Crippen molar-refractivity contribution in [2.45, 2.75) is 26.2 Å². The molecular formula is C26H25NO5. The van der Waals surface area contributed by atoms with E-state index < -0.39 is 17.9 Å². The lowest BCUT2D eigenvalue weighted by Gasteiger charge is -2.28. The van der Waals surface area contributed by atoms with Gasteiger partial charge in [-0.1, -0.05) is 42.5 Å². The number of ether oxygens (including phenoxy) is 3.